The maximum Gasteiger partial charge on any atom is 0.130 e. The number of hydrogen-bond donors (Lipinski definition) is 1. The summed E-state index contributed by atoms with van der Waals surface area (Å²) in [6.07, 6.45) is 9.51. The minimum Gasteiger partial charge on any atom is -0.370 e. The monoisotopic (exact) mass is 275 g/mol. The molecule has 1 atom stereocenters. The van der Waals surface area contributed by atoms with Crippen LogP contribution in [-0.4, -0.2) is 29.5 Å². The summed E-state index contributed by atoms with van der Waals surface area (Å²) in [4.78, 5) is 7.22. The summed E-state index contributed by atoms with van der Waals surface area (Å²) in [5.74, 6) is 1.11. The van der Waals surface area contributed by atoms with Gasteiger partial charge in [-0.25, -0.2) is 4.98 Å². The minimum atomic E-state index is 0.569. The number of nitrogens with zero attached hydrogens (tertiary/aromatic N) is 2. The van der Waals surface area contributed by atoms with E-state index in [0.29, 0.717) is 6.04 Å². The first-order chi connectivity index (χ1) is 9.86. The summed E-state index contributed by atoms with van der Waals surface area (Å²) in [6, 6.07) is 4.91. The fourth-order valence-electron chi connectivity index (χ4n) is 3.03. The molecule has 0 unspecified atom stereocenters. The lowest BCUT2D eigenvalue weighted by Gasteiger charge is -2.26. The highest BCUT2D eigenvalue weighted by molar-refractivity contribution is 5.46. The van der Waals surface area contributed by atoms with Crippen LogP contribution in [0.5, 0.6) is 0 Å². The molecule has 0 saturated carbocycles. The van der Waals surface area contributed by atoms with Gasteiger partial charge in [0.15, 0.2) is 0 Å². The van der Waals surface area contributed by atoms with E-state index in [1.54, 1.807) is 0 Å². The number of likely N-dealkylation sites (tertiary alicyclic amines) is 1. The van der Waals surface area contributed by atoms with Crippen molar-refractivity contribution >= 4 is 5.82 Å². The van der Waals surface area contributed by atoms with Crippen LogP contribution in [0.3, 0.4) is 0 Å². The van der Waals surface area contributed by atoms with Crippen molar-refractivity contribution in [2.45, 2.75) is 58.4 Å². The molecule has 0 amide bonds. The summed E-state index contributed by atoms with van der Waals surface area (Å²) >= 11 is 0. The molecule has 2 heterocycles. The number of hydrogen-bond acceptors (Lipinski definition) is 3. The Labute approximate surface area is 123 Å². The van der Waals surface area contributed by atoms with E-state index in [2.05, 4.69) is 41.2 Å². The van der Waals surface area contributed by atoms with Crippen LogP contribution < -0.4 is 5.32 Å². The molecule has 1 aromatic heterocycles. The van der Waals surface area contributed by atoms with Gasteiger partial charge in [-0.1, -0.05) is 32.8 Å². The van der Waals surface area contributed by atoms with Gasteiger partial charge in [-0.15, -0.1) is 0 Å². The zero-order chi connectivity index (χ0) is 14.2. The lowest BCUT2D eigenvalue weighted by atomic mass is 10.0. The molecule has 0 radical (unpaired) electrons. The van der Waals surface area contributed by atoms with E-state index in [1.807, 2.05) is 6.20 Å². The molecule has 0 aliphatic carbocycles. The zero-order valence-electron chi connectivity index (χ0n) is 13.1. The highest BCUT2D eigenvalue weighted by atomic mass is 15.2. The Hall–Kier alpha value is -1.09. The van der Waals surface area contributed by atoms with E-state index in [-0.39, 0.29) is 0 Å². The van der Waals surface area contributed by atoms with Gasteiger partial charge in [0.2, 0.25) is 0 Å². The molecule has 3 heteroatoms. The highest BCUT2D eigenvalue weighted by Gasteiger charge is 2.27. The predicted octanol–water partition coefficient (Wildman–Crippen LogP) is 4.23. The summed E-state index contributed by atoms with van der Waals surface area (Å²) in [7, 11) is 0. The van der Waals surface area contributed by atoms with E-state index in [9.17, 15) is 0 Å². The Morgan fingerprint density at radius 1 is 1.30 bits per heavy atom. The topological polar surface area (TPSA) is 28.2 Å². The third kappa shape index (κ3) is 3.95. The van der Waals surface area contributed by atoms with Crippen LogP contribution in [-0.2, 0) is 0 Å². The highest BCUT2D eigenvalue weighted by Crippen LogP contribution is 2.35. The first kappa shape index (κ1) is 15.3. The van der Waals surface area contributed by atoms with E-state index in [1.165, 1.54) is 57.2 Å². The molecular formula is C17H29N3. The average molecular weight is 275 g/mol. The first-order valence-electron chi connectivity index (χ1n) is 8.29. The van der Waals surface area contributed by atoms with E-state index in [0.717, 1.165) is 12.4 Å². The molecule has 0 spiro atoms. The maximum atomic E-state index is 4.57. The van der Waals surface area contributed by atoms with Crippen molar-refractivity contribution in [3.8, 4) is 0 Å². The molecule has 20 heavy (non-hydrogen) atoms. The van der Waals surface area contributed by atoms with Crippen molar-refractivity contribution in [1.82, 2.24) is 9.88 Å². The molecule has 3 nitrogen and oxygen atoms in total. The van der Waals surface area contributed by atoms with Gasteiger partial charge >= 0.3 is 0 Å². The van der Waals surface area contributed by atoms with Crippen LogP contribution in [0.2, 0.25) is 0 Å². The van der Waals surface area contributed by atoms with Gasteiger partial charge in [-0.05, 0) is 44.8 Å². The van der Waals surface area contributed by atoms with Crippen LogP contribution in [0.1, 0.15) is 64.0 Å². The SMILES string of the molecule is CCCCNc1ncccc1[C@@H]1CCCN1CCCC. The Kier molecular flexibility index (Phi) is 6.31. The molecule has 1 aromatic rings. The molecule has 2 rings (SSSR count). The number of rotatable bonds is 8. The van der Waals surface area contributed by atoms with Gasteiger partial charge in [-0.2, -0.15) is 0 Å². The number of anilines is 1. The second-order valence-electron chi connectivity index (χ2n) is 5.77. The van der Waals surface area contributed by atoms with E-state index < -0.39 is 0 Å². The molecule has 1 aliphatic rings. The predicted molar refractivity (Wildman–Crippen MR) is 86.1 cm³/mol. The van der Waals surface area contributed by atoms with Gasteiger partial charge < -0.3 is 5.32 Å². The molecule has 1 saturated heterocycles. The molecule has 1 fully saturated rings. The quantitative estimate of drug-likeness (QED) is 0.720. The van der Waals surface area contributed by atoms with Crippen molar-refractivity contribution < 1.29 is 0 Å². The zero-order valence-corrected chi connectivity index (χ0v) is 13.1. The fourth-order valence-corrected chi connectivity index (χ4v) is 3.03. The second kappa shape index (κ2) is 8.25. The largest absolute Gasteiger partial charge is 0.370 e. The van der Waals surface area contributed by atoms with Crippen LogP contribution in [0.25, 0.3) is 0 Å². The third-order valence-electron chi connectivity index (χ3n) is 4.18. The lowest BCUT2D eigenvalue weighted by Crippen LogP contribution is -2.25. The van der Waals surface area contributed by atoms with Gasteiger partial charge in [0.1, 0.15) is 5.82 Å². The second-order valence-corrected chi connectivity index (χ2v) is 5.77. The van der Waals surface area contributed by atoms with Gasteiger partial charge in [0.05, 0.1) is 0 Å². The Morgan fingerprint density at radius 3 is 2.95 bits per heavy atom. The standard InChI is InChI=1S/C17H29N3/c1-3-5-11-18-17-15(9-7-12-19-17)16-10-8-14-20(16)13-6-4-2/h7,9,12,16H,3-6,8,10-11,13-14H2,1-2H3,(H,18,19)/t16-/m0/s1. The fraction of sp³-hybridized carbons (Fsp3) is 0.706. The van der Waals surface area contributed by atoms with Crippen LogP contribution in [0.4, 0.5) is 5.82 Å². The summed E-state index contributed by atoms with van der Waals surface area (Å²) in [5, 5.41) is 3.53. The third-order valence-corrected chi connectivity index (χ3v) is 4.18. The van der Waals surface area contributed by atoms with E-state index in [4.69, 9.17) is 0 Å². The van der Waals surface area contributed by atoms with E-state index >= 15 is 0 Å². The van der Waals surface area contributed by atoms with Gasteiger partial charge in [-0.3, -0.25) is 4.90 Å². The lowest BCUT2D eigenvalue weighted by molar-refractivity contribution is 0.253. The molecule has 1 aliphatic heterocycles. The van der Waals surface area contributed by atoms with Crippen molar-refractivity contribution in [3.05, 3.63) is 23.9 Å². The van der Waals surface area contributed by atoms with Gasteiger partial charge in [0, 0.05) is 24.3 Å². The van der Waals surface area contributed by atoms with Gasteiger partial charge in [0.25, 0.3) is 0 Å². The normalized spacial score (nSPS) is 19.4. The van der Waals surface area contributed by atoms with Crippen molar-refractivity contribution in [3.63, 3.8) is 0 Å². The van der Waals surface area contributed by atoms with Crippen LogP contribution >= 0.6 is 0 Å². The van der Waals surface area contributed by atoms with Crippen LogP contribution in [0, 0.1) is 0 Å². The number of unbranched alkanes of at least 4 members (excludes halogenated alkanes) is 2. The summed E-state index contributed by atoms with van der Waals surface area (Å²) < 4.78 is 0. The molecule has 112 valence electrons. The smallest absolute Gasteiger partial charge is 0.130 e. The number of pyridine rings is 1. The van der Waals surface area contributed by atoms with Crippen LogP contribution in [0.15, 0.2) is 18.3 Å². The average Bonchev–Trinajstić information content (AvgIpc) is 2.94. The molecule has 0 bridgehead atoms. The summed E-state index contributed by atoms with van der Waals surface area (Å²) in [6.45, 7) is 8.00. The molecule has 1 N–H and O–H groups in total. The number of nitrogens with one attached hydrogen (secondary N) is 1. The van der Waals surface area contributed by atoms with Crippen molar-refractivity contribution in [2.24, 2.45) is 0 Å². The molecular weight excluding hydrogens is 246 g/mol. The minimum absolute atomic E-state index is 0.569. The Morgan fingerprint density at radius 2 is 2.15 bits per heavy atom. The van der Waals surface area contributed by atoms with Crippen molar-refractivity contribution in [1.29, 1.82) is 0 Å². The van der Waals surface area contributed by atoms with Crippen molar-refractivity contribution in [2.75, 3.05) is 25.0 Å². The number of aromatic nitrogens is 1. The Bertz CT molecular complexity index is 392. The summed E-state index contributed by atoms with van der Waals surface area (Å²) in [5.41, 5.74) is 1.40. The molecule has 0 aromatic carbocycles. The maximum absolute atomic E-state index is 4.57. The Balaban J connectivity index is 2.06. The first-order valence-corrected chi connectivity index (χ1v) is 8.29.